The van der Waals surface area contributed by atoms with Crippen molar-refractivity contribution in [2.75, 3.05) is 39.3 Å². The first-order valence-electron chi connectivity index (χ1n) is 9.62. The van der Waals surface area contributed by atoms with E-state index in [1.54, 1.807) is 0 Å². The summed E-state index contributed by atoms with van der Waals surface area (Å²) >= 11 is 0. The van der Waals surface area contributed by atoms with Crippen LogP contribution in [-0.4, -0.2) is 72.9 Å². The first-order valence-corrected chi connectivity index (χ1v) is 9.62. The minimum atomic E-state index is 0. The second-order valence-corrected chi connectivity index (χ2v) is 7.17. The van der Waals surface area contributed by atoms with Gasteiger partial charge < -0.3 is 20.4 Å². The smallest absolute Gasteiger partial charge is 0.225 e. The number of halogens is 1. The lowest BCUT2D eigenvalue weighted by Gasteiger charge is -2.20. The SMILES string of the molecule is CCNC(=NCCCN1CCCC1=O)NC1CCN(C(=O)C(C)C)C1.I. The van der Waals surface area contributed by atoms with Gasteiger partial charge in [-0.25, -0.2) is 0 Å². The lowest BCUT2D eigenvalue weighted by atomic mass is 10.2. The summed E-state index contributed by atoms with van der Waals surface area (Å²) < 4.78 is 0. The normalized spacial score (nSPS) is 20.5. The number of carbonyl (C=O) groups excluding carboxylic acids is 2. The maximum absolute atomic E-state index is 12.1. The van der Waals surface area contributed by atoms with Gasteiger partial charge in [0.1, 0.15) is 0 Å². The molecule has 1 atom stereocenters. The molecule has 2 aliphatic rings. The van der Waals surface area contributed by atoms with Crippen LogP contribution >= 0.6 is 24.0 Å². The molecule has 150 valence electrons. The molecule has 0 aromatic rings. The number of aliphatic imine (C=N–C) groups is 1. The van der Waals surface area contributed by atoms with Crippen LogP contribution in [0.5, 0.6) is 0 Å². The molecule has 0 saturated carbocycles. The largest absolute Gasteiger partial charge is 0.357 e. The van der Waals surface area contributed by atoms with E-state index >= 15 is 0 Å². The van der Waals surface area contributed by atoms with Crippen LogP contribution in [-0.2, 0) is 9.59 Å². The van der Waals surface area contributed by atoms with Crippen LogP contribution in [0.1, 0.15) is 46.5 Å². The molecule has 0 aromatic carbocycles. The van der Waals surface area contributed by atoms with Gasteiger partial charge in [0.2, 0.25) is 11.8 Å². The third-order valence-electron chi connectivity index (χ3n) is 4.71. The number of amides is 2. The summed E-state index contributed by atoms with van der Waals surface area (Å²) in [5.41, 5.74) is 0. The Kier molecular flexibility index (Phi) is 10.3. The minimum absolute atomic E-state index is 0. The maximum Gasteiger partial charge on any atom is 0.225 e. The Balaban J connectivity index is 0.00000338. The molecule has 2 rings (SSSR count). The summed E-state index contributed by atoms with van der Waals surface area (Å²) in [5.74, 6) is 1.35. The molecule has 2 heterocycles. The Morgan fingerprint density at radius 3 is 2.73 bits per heavy atom. The van der Waals surface area contributed by atoms with Gasteiger partial charge in [-0.1, -0.05) is 13.8 Å². The molecule has 2 N–H and O–H groups in total. The lowest BCUT2D eigenvalue weighted by Crippen LogP contribution is -2.45. The first kappa shape index (κ1) is 23.0. The highest BCUT2D eigenvalue weighted by atomic mass is 127. The zero-order chi connectivity index (χ0) is 18.2. The van der Waals surface area contributed by atoms with E-state index in [-0.39, 0.29) is 47.8 Å². The van der Waals surface area contributed by atoms with E-state index in [1.165, 1.54) is 0 Å². The molecule has 2 amide bonds. The zero-order valence-electron chi connectivity index (χ0n) is 16.3. The molecule has 0 radical (unpaired) electrons. The number of hydrogen-bond donors (Lipinski definition) is 2. The monoisotopic (exact) mass is 479 g/mol. The van der Waals surface area contributed by atoms with Crippen molar-refractivity contribution in [2.24, 2.45) is 10.9 Å². The average molecular weight is 479 g/mol. The zero-order valence-corrected chi connectivity index (χ0v) is 18.6. The predicted octanol–water partition coefficient (Wildman–Crippen LogP) is 1.43. The van der Waals surface area contributed by atoms with E-state index in [0.29, 0.717) is 13.0 Å². The third-order valence-corrected chi connectivity index (χ3v) is 4.71. The number of nitrogens with one attached hydrogen (secondary N) is 2. The standard InChI is InChI=1S/C18H33N5O2.HI/c1-4-19-18(20-9-6-11-22-10-5-7-16(22)24)21-15-8-12-23(13-15)17(25)14(2)3;/h14-15H,4-13H2,1-3H3,(H2,19,20,21);1H. The van der Waals surface area contributed by atoms with E-state index in [1.807, 2.05) is 30.6 Å². The quantitative estimate of drug-likeness (QED) is 0.251. The number of carbonyl (C=O) groups is 2. The molecule has 1 unspecified atom stereocenters. The topological polar surface area (TPSA) is 77.0 Å². The highest BCUT2D eigenvalue weighted by Crippen LogP contribution is 2.13. The molecule has 2 saturated heterocycles. The van der Waals surface area contributed by atoms with Crippen molar-refractivity contribution in [3.63, 3.8) is 0 Å². The van der Waals surface area contributed by atoms with E-state index in [2.05, 4.69) is 15.6 Å². The molecule has 0 aromatic heterocycles. The highest BCUT2D eigenvalue weighted by Gasteiger charge is 2.28. The van der Waals surface area contributed by atoms with Crippen LogP contribution in [0.3, 0.4) is 0 Å². The minimum Gasteiger partial charge on any atom is -0.357 e. The van der Waals surface area contributed by atoms with Crippen LogP contribution in [0.2, 0.25) is 0 Å². The van der Waals surface area contributed by atoms with Crippen LogP contribution in [0.4, 0.5) is 0 Å². The number of rotatable bonds is 7. The van der Waals surface area contributed by atoms with E-state index < -0.39 is 0 Å². The Morgan fingerprint density at radius 1 is 1.35 bits per heavy atom. The summed E-state index contributed by atoms with van der Waals surface area (Å²) in [6.45, 7) is 10.7. The van der Waals surface area contributed by atoms with Gasteiger partial charge in [-0.05, 0) is 26.2 Å². The van der Waals surface area contributed by atoms with Crippen molar-refractivity contribution in [3.8, 4) is 0 Å². The first-order chi connectivity index (χ1) is 12.0. The molecule has 0 spiro atoms. The molecular weight excluding hydrogens is 445 g/mol. The second kappa shape index (κ2) is 11.6. The van der Waals surface area contributed by atoms with Gasteiger partial charge in [-0.2, -0.15) is 0 Å². The summed E-state index contributed by atoms with van der Waals surface area (Å²) in [6, 6.07) is 0.251. The molecule has 2 aliphatic heterocycles. The lowest BCUT2D eigenvalue weighted by molar-refractivity contribution is -0.133. The Morgan fingerprint density at radius 2 is 2.12 bits per heavy atom. The van der Waals surface area contributed by atoms with Gasteiger partial charge in [-0.15, -0.1) is 24.0 Å². The van der Waals surface area contributed by atoms with E-state index in [4.69, 9.17) is 0 Å². The van der Waals surface area contributed by atoms with Crippen molar-refractivity contribution in [3.05, 3.63) is 0 Å². The Labute approximate surface area is 174 Å². The van der Waals surface area contributed by atoms with Gasteiger partial charge in [0, 0.05) is 57.6 Å². The number of likely N-dealkylation sites (tertiary alicyclic amines) is 2. The van der Waals surface area contributed by atoms with Crippen LogP contribution in [0, 0.1) is 5.92 Å². The van der Waals surface area contributed by atoms with Crippen molar-refractivity contribution >= 4 is 41.8 Å². The summed E-state index contributed by atoms with van der Waals surface area (Å²) in [5, 5.41) is 6.71. The summed E-state index contributed by atoms with van der Waals surface area (Å²) in [4.78, 5) is 32.2. The number of hydrogen-bond acceptors (Lipinski definition) is 3. The van der Waals surface area contributed by atoms with Gasteiger partial charge in [0.25, 0.3) is 0 Å². The predicted molar refractivity (Wildman–Crippen MR) is 115 cm³/mol. The molecule has 0 aliphatic carbocycles. The van der Waals surface area contributed by atoms with Crippen LogP contribution in [0.25, 0.3) is 0 Å². The molecule has 26 heavy (non-hydrogen) atoms. The highest BCUT2D eigenvalue weighted by molar-refractivity contribution is 14.0. The van der Waals surface area contributed by atoms with Crippen LogP contribution < -0.4 is 10.6 Å². The summed E-state index contributed by atoms with van der Waals surface area (Å²) in [6.07, 6.45) is 3.51. The number of guanidine groups is 1. The Bertz CT molecular complexity index is 498. The van der Waals surface area contributed by atoms with Gasteiger partial charge >= 0.3 is 0 Å². The van der Waals surface area contributed by atoms with Crippen molar-refractivity contribution < 1.29 is 9.59 Å². The maximum atomic E-state index is 12.1. The second-order valence-electron chi connectivity index (χ2n) is 7.17. The van der Waals surface area contributed by atoms with Gasteiger partial charge in [0.15, 0.2) is 5.96 Å². The van der Waals surface area contributed by atoms with Crippen molar-refractivity contribution in [1.82, 2.24) is 20.4 Å². The average Bonchev–Trinajstić information content (AvgIpc) is 3.20. The molecule has 0 bridgehead atoms. The fourth-order valence-corrected chi connectivity index (χ4v) is 3.35. The molecule has 8 heteroatoms. The molecular formula is C18H34IN5O2. The Hall–Kier alpha value is -1.06. The van der Waals surface area contributed by atoms with Crippen molar-refractivity contribution in [2.45, 2.75) is 52.5 Å². The van der Waals surface area contributed by atoms with Gasteiger partial charge in [0.05, 0.1) is 0 Å². The van der Waals surface area contributed by atoms with Crippen molar-refractivity contribution in [1.29, 1.82) is 0 Å². The molecule has 7 nitrogen and oxygen atoms in total. The fourth-order valence-electron chi connectivity index (χ4n) is 3.35. The summed E-state index contributed by atoms with van der Waals surface area (Å²) in [7, 11) is 0. The molecule has 2 fully saturated rings. The third kappa shape index (κ3) is 6.92. The number of nitrogens with zero attached hydrogens (tertiary/aromatic N) is 3. The van der Waals surface area contributed by atoms with E-state index in [0.717, 1.165) is 57.9 Å². The van der Waals surface area contributed by atoms with Gasteiger partial charge in [-0.3, -0.25) is 14.6 Å². The van der Waals surface area contributed by atoms with E-state index in [9.17, 15) is 9.59 Å². The van der Waals surface area contributed by atoms with Crippen LogP contribution in [0.15, 0.2) is 4.99 Å². The fraction of sp³-hybridized carbons (Fsp3) is 0.833.